The highest BCUT2D eigenvalue weighted by molar-refractivity contribution is 8.13. The highest BCUT2D eigenvalue weighted by atomic mass is 35.7. The number of sulfonamides is 1. The monoisotopic (exact) mass is 323 g/mol. The summed E-state index contributed by atoms with van der Waals surface area (Å²) in [6.45, 7) is 1.83. The molecule has 0 saturated heterocycles. The number of hydrogen-bond donors (Lipinski definition) is 1. The standard InChI is InChI=1S/C11H14ClNO4S2/c1-8(9-2-3-9)13-19(16,17)11-6-4-10(5-7-11)18(12,14)15/h4-9,13H,2-3H2,1H3. The molecule has 1 aliphatic rings. The van der Waals surface area contributed by atoms with Crippen LogP contribution in [-0.4, -0.2) is 22.9 Å². The predicted molar refractivity (Wildman–Crippen MR) is 72.0 cm³/mol. The van der Waals surface area contributed by atoms with Crippen molar-refractivity contribution in [1.82, 2.24) is 4.72 Å². The molecule has 0 aliphatic heterocycles. The summed E-state index contributed by atoms with van der Waals surface area (Å²) in [5.74, 6) is 0.400. The lowest BCUT2D eigenvalue weighted by Gasteiger charge is -2.13. The Morgan fingerprint density at radius 3 is 2.00 bits per heavy atom. The number of halogens is 1. The third kappa shape index (κ3) is 3.68. The Hall–Kier alpha value is -0.630. The highest BCUT2D eigenvalue weighted by Crippen LogP contribution is 2.33. The van der Waals surface area contributed by atoms with E-state index in [0.29, 0.717) is 5.92 Å². The molecule has 2 rings (SSSR count). The van der Waals surface area contributed by atoms with Crippen molar-refractivity contribution in [2.45, 2.75) is 35.6 Å². The molecule has 0 heterocycles. The van der Waals surface area contributed by atoms with Gasteiger partial charge in [-0.15, -0.1) is 0 Å². The van der Waals surface area contributed by atoms with E-state index in [-0.39, 0.29) is 15.8 Å². The van der Waals surface area contributed by atoms with Crippen molar-refractivity contribution >= 4 is 29.8 Å². The van der Waals surface area contributed by atoms with E-state index in [0.717, 1.165) is 12.8 Å². The van der Waals surface area contributed by atoms with Gasteiger partial charge < -0.3 is 0 Å². The first-order chi connectivity index (χ1) is 8.70. The van der Waals surface area contributed by atoms with Gasteiger partial charge in [0, 0.05) is 16.7 Å². The topological polar surface area (TPSA) is 80.3 Å². The molecule has 0 radical (unpaired) electrons. The quantitative estimate of drug-likeness (QED) is 0.836. The lowest BCUT2D eigenvalue weighted by molar-refractivity contribution is 0.538. The first-order valence-corrected chi connectivity index (χ1v) is 9.56. The van der Waals surface area contributed by atoms with Gasteiger partial charge in [-0.1, -0.05) is 0 Å². The van der Waals surface area contributed by atoms with Gasteiger partial charge in [-0.3, -0.25) is 0 Å². The highest BCUT2D eigenvalue weighted by Gasteiger charge is 2.31. The van der Waals surface area contributed by atoms with E-state index in [9.17, 15) is 16.8 Å². The molecule has 1 fully saturated rings. The molecule has 106 valence electrons. The maximum absolute atomic E-state index is 12.0. The van der Waals surface area contributed by atoms with Gasteiger partial charge in [0.15, 0.2) is 0 Å². The van der Waals surface area contributed by atoms with E-state index in [1.165, 1.54) is 24.3 Å². The molecule has 1 N–H and O–H groups in total. The van der Waals surface area contributed by atoms with Crippen LogP contribution in [0.3, 0.4) is 0 Å². The molecule has 1 aliphatic carbocycles. The van der Waals surface area contributed by atoms with Crippen LogP contribution in [0.1, 0.15) is 19.8 Å². The summed E-state index contributed by atoms with van der Waals surface area (Å²) in [6.07, 6.45) is 2.07. The van der Waals surface area contributed by atoms with Crippen LogP contribution in [0.25, 0.3) is 0 Å². The largest absolute Gasteiger partial charge is 0.261 e. The van der Waals surface area contributed by atoms with Crippen LogP contribution >= 0.6 is 10.7 Å². The van der Waals surface area contributed by atoms with Gasteiger partial charge in [0.25, 0.3) is 9.05 Å². The average Bonchev–Trinajstić information content (AvgIpc) is 3.11. The minimum absolute atomic E-state index is 0.0315. The second-order valence-electron chi connectivity index (χ2n) is 4.66. The van der Waals surface area contributed by atoms with E-state index in [2.05, 4.69) is 4.72 Å². The summed E-state index contributed by atoms with van der Waals surface area (Å²) in [5.41, 5.74) is 0. The molecule has 1 aromatic rings. The predicted octanol–water partition coefficient (Wildman–Crippen LogP) is 1.69. The van der Waals surface area contributed by atoms with E-state index in [4.69, 9.17) is 10.7 Å². The number of benzene rings is 1. The van der Waals surface area contributed by atoms with E-state index < -0.39 is 19.1 Å². The Balaban J connectivity index is 2.21. The van der Waals surface area contributed by atoms with Gasteiger partial charge in [-0.05, 0) is 49.9 Å². The summed E-state index contributed by atoms with van der Waals surface area (Å²) < 4.78 is 48.8. The summed E-state index contributed by atoms with van der Waals surface area (Å²) >= 11 is 0. The van der Waals surface area contributed by atoms with Crippen molar-refractivity contribution in [3.63, 3.8) is 0 Å². The molecule has 1 aromatic carbocycles. The van der Waals surface area contributed by atoms with Gasteiger partial charge in [0.2, 0.25) is 10.0 Å². The number of rotatable bonds is 5. The average molecular weight is 324 g/mol. The van der Waals surface area contributed by atoms with Gasteiger partial charge in [0.05, 0.1) is 9.79 Å². The van der Waals surface area contributed by atoms with Crippen molar-refractivity contribution < 1.29 is 16.8 Å². The molecule has 5 nitrogen and oxygen atoms in total. The van der Waals surface area contributed by atoms with Crippen molar-refractivity contribution in [3.8, 4) is 0 Å². The van der Waals surface area contributed by atoms with Gasteiger partial charge in [-0.25, -0.2) is 21.6 Å². The second kappa shape index (κ2) is 5.05. The molecule has 1 atom stereocenters. The van der Waals surface area contributed by atoms with Crippen molar-refractivity contribution in [2.75, 3.05) is 0 Å². The fraction of sp³-hybridized carbons (Fsp3) is 0.455. The Labute approximate surface area is 117 Å². The van der Waals surface area contributed by atoms with Crippen LogP contribution in [-0.2, 0) is 19.1 Å². The first-order valence-electron chi connectivity index (χ1n) is 5.77. The van der Waals surface area contributed by atoms with Crippen LogP contribution in [0, 0.1) is 5.92 Å². The van der Waals surface area contributed by atoms with Gasteiger partial charge in [-0.2, -0.15) is 0 Å². The zero-order valence-corrected chi connectivity index (χ0v) is 12.6. The fourth-order valence-electron chi connectivity index (χ4n) is 1.79. The molecule has 0 spiro atoms. The summed E-state index contributed by atoms with van der Waals surface area (Å²) in [5, 5.41) is 0. The van der Waals surface area contributed by atoms with Crippen LogP contribution in [0.5, 0.6) is 0 Å². The van der Waals surface area contributed by atoms with Crippen molar-refractivity contribution in [1.29, 1.82) is 0 Å². The Bertz CT molecular complexity index is 663. The summed E-state index contributed by atoms with van der Waals surface area (Å²) in [6, 6.07) is 4.72. The van der Waals surface area contributed by atoms with E-state index >= 15 is 0 Å². The second-order valence-corrected chi connectivity index (χ2v) is 8.94. The third-order valence-corrected chi connectivity index (χ3v) is 6.03. The summed E-state index contributed by atoms with van der Waals surface area (Å²) in [4.78, 5) is -0.0903. The van der Waals surface area contributed by atoms with Gasteiger partial charge in [0.1, 0.15) is 0 Å². The van der Waals surface area contributed by atoms with Crippen LogP contribution in [0.15, 0.2) is 34.1 Å². The van der Waals surface area contributed by atoms with Crippen LogP contribution in [0.4, 0.5) is 0 Å². The van der Waals surface area contributed by atoms with Crippen molar-refractivity contribution in [2.24, 2.45) is 5.92 Å². The number of nitrogens with one attached hydrogen (secondary N) is 1. The SMILES string of the molecule is CC(NS(=O)(=O)c1ccc(S(=O)(=O)Cl)cc1)C1CC1. The normalized spacial score (nSPS) is 18.2. The number of hydrogen-bond acceptors (Lipinski definition) is 4. The first kappa shape index (κ1) is 14.8. The molecule has 8 heteroatoms. The van der Waals surface area contributed by atoms with Crippen molar-refractivity contribution in [3.05, 3.63) is 24.3 Å². The minimum Gasteiger partial charge on any atom is -0.208 e. The smallest absolute Gasteiger partial charge is 0.208 e. The van der Waals surface area contributed by atoms with E-state index in [1.807, 2.05) is 6.92 Å². The lowest BCUT2D eigenvalue weighted by Crippen LogP contribution is -2.34. The van der Waals surface area contributed by atoms with Crippen LogP contribution in [0.2, 0.25) is 0 Å². The molecule has 19 heavy (non-hydrogen) atoms. The molecular weight excluding hydrogens is 310 g/mol. The minimum atomic E-state index is -3.83. The van der Waals surface area contributed by atoms with Crippen LogP contribution < -0.4 is 4.72 Å². The zero-order chi connectivity index (χ0) is 14.3. The zero-order valence-electron chi connectivity index (χ0n) is 10.2. The lowest BCUT2D eigenvalue weighted by atomic mass is 10.2. The fourth-order valence-corrected chi connectivity index (χ4v) is 3.87. The maximum Gasteiger partial charge on any atom is 0.261 e. The maximum atomic E-state index is 12.0. The molecule has 1 unspecified atom stereocenters. The van der Waals surface area contributed by atoms with Gasteiger partial charge >= 0.3 is 0 Å². The van der Waals surface area contributed by atoms with E-state index in [1.54, 1.807) is 0 Å². The summed E-state index contributed by atoms with van der Waals surface area (Å²) in [7, 11) is -2.28. The Morgan fingerprint density at radius 1 is 1.11 bits per heavy atom. The third-order valence-electron chi connectivity index (χ3n) is 3.09. The molecule has 0 bridgehead atoms. The Kier molecular flexibility index (Phi) is 3.92. The molecule has 0 amide bonds. The molecule has 0 aromatic heterocycles. The molecular formula is C11H14ClNO4S2. The molecule has 1 saturated carbocycles. The Morgan fingerprint density at radius 2 is 1.58 bits per heavy atom.